The predicted octanol–water partition coefficient (Wildman–Crippen LogP) is 3.45. The number of nitro benzene ring substituents is 1. The molecule has 1 N–H and O–H groups in total. The van der Waals surface area contributed by atoms with Gasteiger partial charge in [-0.3, -0.25) is 14.9 Å². The van der Waals surface area contributed by atoms with Gasteiger partial charge in [0.05, 0.1) is 4.92 Å². The Balaban J connectivity index is 2.89. The molecule has 0 spiro atoms. The van der Waals surface area contributed by atoms with Crippen molar-refractivity contribution in [3.63, 3.8) is 0 Å². The summed E-state index contributed by atoms with van der Waals surface area (Å²) < 4.78 is 0. The van der Waals surface area contributed by atoms with Crippen molar-refractivity contribution in [1.29, 1.82) is 0 Å². The van der Waals surface area contributed by atoms with Crippen molar-refractivity contribution in [3.8, 4) is 0 Å². The first-order valence-electron chi connectivity index (χ1n) is 5.73. The van der Waals surface area contributed by atoms with Crippen molar-refractivity contribution in [2.75, 3.05) is 11.1 Å². The van der Waals surface area contributed by atoms with E-state index in [-0.39, 0.29) is 17.3 Å². The van der Waals surface area contributed by atoms with Crippen molar-refractivity contribution < 1.29 is 9.72 Å². The number of thioether (sulfide) groups is 1. The van der Waals surface area contributed by atoms with Crippen LogP contribution in [-0.4, -0.2) is 16.6 Å². The first-order valence-corrected chi connectivity index (χ1v) is 6.72. The average molecular weight is 268 g/mol. The van der Waals surface area contributed by atoms with E-state index in [0.717, 1.165) is 23.5 Å². The summed E-state index contributed by atoms with van der Waals surface area (Å²) >= 11 is 1.59. The van der Waals surface area contributed by atoms with Crippen LogP contribution in [-0.2, 0) is 4.79 Å². The molecular formula is C12H16N2O3S. The Morgan fingerprint density at radius 1 is 1.50 bits per heavy atom. The number of carbonyl (C=O) groups is 1. The smallest absolute Gasteiger partial charge is 0.293 e. The molecule has 5 nitrogen and oxygen atoms in total. The van der Waals surface area contributed by atoms with Gasteiger partial charge in [-0.15, -0.1) is 11.8 Å². The Hall–Kier alpha value is -1.56. The summed E-state index contributed by atoms with van der Waals surface area (Å²) in [6.45, 7) is 3.43. The van der Waals surface area contributed by atoms with E-state index in [9.17, 15) is 14.9 Å². The van der Waals surface area contributed by atoms with Gasteiger partial charge in [-0.1, -0.05) is 13.3 Å². The van der Waals surface area contributed by atoms with Crippen molar-refractivity contribution >= 4 is 29.0 Å². The molecule has 0 saturated heterocycles. The molecule has 0 aliphatic carbocycles. The second-order valence-electron chi connectivity index (χ2n) is 3.82. The molecule has 0 aliphatic heterocycles. The molecule has 0 radical (unpaired) electrons. The molecule has 0 bridgehead atoms. The van der Waals surface area contributed by atoms with Crippen LogP contribution in [0.1, 0.15) is 26.7 Å². The zero-order valence-corrected chi connectivity index (χ0v) is 11.3. The molecule has 0 atom stereocenters. The molecule has 1 aromatic carbocycles. The Kier molecular flexibility index (Phi) is 5.64. The number of nitrogens with zero attached hydrogens (tertiary/aromatic N) is 1. The van der Waals surface area contributed by atoms with E-state index in [1.54, 1.807) is 23.9 Å². The standard InChI is InChI=1S/C12H16N2O3S/c1-3-4-7-18-10-5-6-11(13-9(2)15)12(8-10)14(16)17/h5-6,8H,3-4,7H2,1-2H3,(H,13,15). The summed E-state index contributed by atoms with van der Waals surface area (Å²) in [7, 11) is 0. The van der Waals surface area contributed by atoms with Gasteiger partial charge in [-0.05, 0) is 24.3 Å². The molecular weight excluding hydrogens is 252 g/mol. The number of unbranched alkanes of at least 4 members (excludes halogenated alkanes) is 1. The fourth-order valence-electron chi connectivity index (χ4n) is 1.38. The van der Waals surface area contributed by atoms with Gasteiger partial charge < -0.3 is 5.32 Å². The highest BCUT2D eigenvalue weighted by atomic mass is 32.2. The molecule has 0 unspecified atom stereocenters. The van der Waals surface area contributed by atoms with Gasteiger partial charge in [0.15, 0.2) is 0 Å². The molecule has 1 amide bonds. The van der Waals surface area contributed by atoms with Crippen LogP contribution in [0.4, 0.5) is 11.4 Å². The number of anilines is 1. The number of carbonyl (C=O) groups excluding carboxylic acids is 1. The summed E-state index contributed by atoms with van der Waals surface area (Å²) in [6, 6.07) is 4.87. The van der Waals surface area contributed by atoms with E-state index in [2.05, 4.69) is 12.2 Å². The topological polar surface area (TPSA) is 72.2 Å². The minimum atomic E-state index is -0.477. The third kappa shape index (κ3) is 4.37. The van der Waals surface area contributed by atoms with Gasteiger partial charge in [0.2, 0.25) is 5.91 Å². The molecule has 0 heterocycles. The van der Waals surface area contributed by atoms with Crippen LogP contribution < -0.4 is 5.32 Å². The van der Waals surface area contributed by atoms with Crippen LogP contribution in [0, 0.1) is 10.1 Å². The van der Waals surface area contributed by atoms with E-state index in [4.69, 9.17) is 0 Å². The molecule has 6 heteroatoms. The molecule has 0 saturated carbocycles. The van der Waals surface area contributed by atoms with E-state index in [1.807, 2.05) is 0 Å². The zero-order chi connectivity index (χ0) is 13.5. The highest BCUT2D eigenvalue weighted by Gasteiger charge is 2.15. The van der Waals surface area contributed by atoms with E-state index >= 15 is 0 Å². The lowest BCUT2D eigenvalue weighted by Crippen LogP contribution is -2.07. The lowest BCUT2D eigenvalue weighted by molar-refractivity contribution is -0.384. The van der Waals surface area contributed by atoms with Gasteiger partial charge in [0.1, 0.15) is 5.69 Å². The largest absolute Gasteiger partial charge is 0.321 e. The van der Waals surface area contributed by atoms with Gasteiger partial charge in [0, 0.05) is 17.9 Å². The fourth-order valence-corrected chi connectivity index (χ4v) is 2.41. The molecule has 98 valence electrons. The summed E-state index contributed by atoms with van der Waals surface area (Å²) in [5.74, 6) is 0.622. The minimum Gasteiger partial charge on any atom is -0.321 e. The fraction of sp³-hybridized carbons (Fsp3) is 0.417. The Morgan fingerprint density at radius 3 is 2.78 bits per heavy atom. The van der Waals surface area contributed by atoms with Crippen LogP contribution in [0.2, 0.25) is 0 Å². The second kappa shape index (κ2) is 7.00. The lowest BCUT2D eigenvalue weighted by Gasteiger charge is -2.06. The van der Waals surface area contributed by atoms with Crippen LogP contribution in [0.15, 0.2) is 23.1 Å². The zero-order valence-electron chi connectivity index (χ0n) is 10.4. The van der Waals surface area contributed by atoms with Crippen LogP contribution in [0.3, 0.4) is 0 Å². The molecule has 0 aliphatic rings. The van der Waals surface area contributed by atoms with E-state index in [0.29, 0.717) is 0 Å². The van der Waals surface area contributed by atoms with E-state index < -0.39 is 4.92 Å². The first-order chi connectivity index (χ1) is 8.54. The quantitative estimate of drug-likeness (QED) is 0.371. The van der Waals surface area contributed by atoms with Gasteiger partial charge in [0.25, 0.3) is 5.69 Å². The first kappa shape index (κ1) is 14.5. The highest BCUT2D eigenvalue weighted by molar-refractivity contribution is 7.99. The second-order valence-corrected chi connectivity index (χ2v) is 4.99. The summed E-state index contributed by atoms with van der Waals surface area (Å²) in [4.78, 5) is 22.2. The maximum atomic E-state index is 10.9. The van der Waals surface area contributed by atoms with Crippen molar-refractivity contribution in [1.82, 2.24) is 0 Å². The Labute approximate surface area is 110 Å². The SMILES string of the molecule is CCCCSc1ccc(NC(C)=O)c([N+](=O)[O-])c1. The number of hydrogen-bond acceptors (Lipinski definition) is 4. The number of nitro groups is 1. The lowest BCUT2D eigenvalue weighted by atomic mass is 10.2. The maximum absolute atomic E-state index is 10.9. The number of amides is 1. The average Bonchev–Trinajstić information content (AvgIpc) is 2.30. The van der Waals surface area contributed by atoms with Gasteiger partial charge >= 0.3 is 0 Å². The molecule has 1 aromatic rings. The minimum absolute atomic E-state index is 0.0632. The van der Waals surface area contributed by atoms with Crippen molar-refractivity contribution in [3.05, 3.63) is 28.3 Å². The summed E-state index contributed by atoms with van der Waals surface area (Å²) in [5.41, 5.74) is 0.180. The van der Waals surface area contributed by atoms with Crippen molar-refractivity contribution in [2.45, 2.75) is 31.6 Å². The number of benzene rings is 1. The van der Waals surface area contributed by atoms with Gasteiger partial charge in [-0.2, -0.15) is 0 Å². The van der Waals surface area contributed by atoms with E-state index in [1.165, 1.54) is 13.0 Å². The molecule has 0 aromatic heterocycles. The monoisotopic (exact) mass is 268 g/mol. The Bertz CT molecular complexity index is 449. The third-order valence-corrected chi connectivity index (χ3v) is 3.32. The molecule has 18 heavy (non-hydrogen) atoms. The van der Waals surface area contributed by atoms with Crippen LogP contribution in [0.5, 0.6) is 0 Å². The normalized spacial score (nSPS) is 10.1. The van der Waals surface area contributed by atoms with Crippen molar-refractivity contribution in [2.24, 2.45) is 0 Å². The molecule has 0 fully saturated rings. The molecule has 1 rings (SSSR count). The van der Waals surface area contributed by atoms with Gasteiger partial charge in [-0.25, -0.2) is 0 Å². The van der Waals surface area contributed by atoms with Crippen LogP contribution in [0.25, 0.3) is 0 Å². The summed E-state index contributed by atoms with van der Waals surface area (Å²) in [5, 5.41) is 13.4. The van der Waals surface area contributed by atoms with Crippen LogP contribution >= 0.6 is 11.8 Å². The predicted molar refractivity (Wildman–Crippen MR) is 73.0 cm³/mol. The summed E-state index contributed by atoms with van der Waals surface area (Å²) in [6.07, 6.45) is 2.17. The number of nitrogens with one attached hydrogen (secondary N) is 1. The highest BCUT2D eigenvalue weighted by Crippen LogP contribution is 2.30. The number of hydrogen-bond donors (Lipinski definition) is 1. The Morgan fingerprint density at radius 2 is 2.22 bits per heavy atom. The third-order valence-electron chi connectivity index (χ3n) is 2.24. The number of rotatable bonds is 6. The maximum Gasteiger partial charge on any atom is 0.293 e.